The molecule has 13 heavy (non-hydrogen) atoms. The number of unbranched alkanes of at least 4 members (excludes halogenated alkanes) is 1. The Labute approximate surface area is 81.7 Å². The van der Waals surface area contributed by atoms with E-state index >= 15 is 0 Å². The van der Waals surface area contributed by atoms with Crippen LogP contribution in [0, 0.1) is 23.7 Å². The van der Waals surface area contributed by atoms with Gasteiger partial charge in [-0.1, -0.05) is 25.2 Å². The molecule has 0 aromatic heterocycles. The summed E-state index contributed by atoms with van der Waals surface area (Å²) in [6.07, 6.45) is 12.4. The van der Waals surface area contributed by atoms with Crippen LogP contribution in [0.4, 0.5) is 0 Å². The Morgan fingerprint density at radius 2 is 2.15 bits per heavy atom. The fourth-order valence-electron chi connectivity index (χ4n) is 3.15. The Kier molecular flexibility index (Phi) is 2.57. The molecule has 0 nitrogen and oxygen atoms in total. The lowest BCUT2D eigenvalue weighted by Crippen LogP contribution is -2.16. The second-order valence-electron chi connectivity index (χ2n) is 4.69. The minimum Gasteiger partial charge on any atom is -0.103 e. The molecule has 2 aliphatic carbocycles. The highest BCUT2D eigenvalue weighted by Gasteiger charge is 2.40. The molecule has 0 aliphatic heterocycles. The third kappa shape index (κ3) is 1.59. The van der Waals surface area contributed by atoms with Crippen molar-refractivity contribution in [1.82, 2.24) is 0 Å². The molecule has 0 amide bonds. The van der Waals surface area contributed by atoms with Crippen LogP contribution in [0.1, 0.15) is 32.6 Å². The minimum absolute atomic E-state index is 0.915. The maximum Gasteiger partial charge on any atom is -0.0197 e. The first-order valence-electron chi connectivity index (χ1n) is 5.62. The van der Waals surface area contributed by atoms with Crippen molar-refractivity contribution in [2.45, 2.75) is 32.6 Å². The van der Waals surface area contributed by atoms with Crippen LogP contribution >= 0.6 is 0 Å². The molecular formula is C13H20. The van der Waals surface area contributed by atoms with Crippen molar-refractivity contribution in [3.8, 4) is 0 Å². The molecule has 0 heterocycles. The summed E-state index contributed by atoms with van der Waals surface area (Å²) in [6.45, 7) is 6.22. The van der Waals surface area contributed by atoms with Gasteiger partial charge in [0, 0.05) is 0 Å². The highest BCUT2D eigenvalue weighted by atomic mass is 14.5. The SMILES string of the molecule is C=CCCCC1C2C=CC(C2)[C@@H]1C. The molecule has 1 fully saturated rings. The Hall–Kier alpha value is -0.520. The highest BCUT2D eigenvalue weighted by Crippen LogP contribution is 2.49. The van der Waals surface area contributed by atoms with Crippen LogP contribution in [0.5, 0.6) is 0 Å². The van der Waals surface area contributed by atoms with Crippen molar-refractivity contribution >= 4 is 0 Å². The fourth-order valence-corrected chi connectivity index (χ4v) is 3.15. The average molecular weight is 176 g/mol. The standard InChI is InChI=1S/C13H20/c1-3-4-5-6-13-10(2)11-7-8-12(13)9-11/h3,7-8,10-13H,1,4-6,9H2,2H3/t10-,11?,12?,13?/m0/s1. The summed E-state index contributed by atoms with van der Waals surface area (Å²) < 4.78 is 0. The van der Waals surface area contributed by atoms with E-state index in [1.807, 2.05) is 6.08 Å². The molecule has 0 spiro atoms. The van der Waals surface area contributed by atoms with Gasteiger partial charge in [0.25, 0.3) is 0 Å². The molecule has 0 heteroatoms. The van der Waals surface area contributed by atoms with Crippen molar-refractivity contribution < 1.29 is 0 Å². The number of allylic oxidation sites excluding steroid dienone is 3. The van der Waals surface area contributed by atoms with E-state index in [9.17, 15) is 0 Å². The number of hydrogen-bond donors (Lipinski definition) is 0. The topological polar surface area (TPSA) is 0 Å². The monoisotopic (exact) mass is 176 g/mol. The highest BCUT2D eigenvalue weighted by molar-refractivity contribution is 5.12. The van der Waals surface area contributed by atoms with E-state index in [1.54, 1.807) is 0 Å². The molecule has 72 valence electrons. The van der Waals surface area contributed by atoms with E-state index in [1.165, 1.54) is 25.7 Å². The molecule has 0 radical (unpaired) electrons. The predicted octanol–water partition coefficient (Wildman–Crippen LogP) is 3.80. The fraction of sp³-hybridized carbons (Fsp3) is 0.692. The summed E-state index contributed by atoms with van der Waals surface area (Å²) >= 11 is 0. The number of fused-ring (bicyclic) bond motifs is 2. The van der Waals surface area contributed by atoms with Crippen molar-refractivity contribution in [3.63, 3.8) is 0 Å². The van der Waals surface area contributed by atoms with Crippen molar-refractivity contribution in [2.24, 2.45) is 23.7 Å². The average Bonchev–Trinajstić information content (AvgIpc) is 2.69. The Morgan fingerprint density at radius 3 is 2.77 bits per heavy atom. The van der Waals surface area contributed by atoms with Crippen LogP contribution in [-0.4, -0.2) is 0 Å². The zero-order valence-corrected chi connectivity index (χ0v) is 8.58. The molecule has 0 aromatic rings. The van der Waals surface area contributed by atoms with Gasteiger partial charge in [0.05, 0.1) is 0 Å². The summed E-state index contributed by atoms with van der Waals surface area (Å²) in [5.74, 6) is 3.76. The maximum absolute atomic E-state index is 3.78. The van der Waals surface area contributed by atoms with Gasteiger partial charge in [-0.05, 0) is 49.4 Å². The first-order chi connectivity index (χ1) is 6.33. The molecule has 0 N–H and O–H groups in total. The molecule has 0 saturated heterocycles. The summed E-state index contributed by atoms with van der Waals surface area (Å²) in [5.41, 5.74) is 0. The third-order valence-electron chi connectivity index (χ3n) is 4.00. The predicted molar refractivity (Wildman–Crippen MR) is 57.4 cm³/mol. The quantitative estimate of drug-likeness (QED) is 0.451. The Balaban J connectivity index is 1.86. The lowest BCUT2D eigenvalue weighted by molar-refractivity contribution is 0.308. The van der Waals surface area contributed by atoms with Gasteiger partial charge in [-0.15, -0.1) is 6.58 Å². The molecule has 2 rings (SSSR count). The first kappa shape index (κ1) is 9.05. The Morgan fingerprint density at radius 1 is 1.38 bits per heavy atom. The van der Waals surface area contributed by atoms with Gasteiger partial charge >= 0.3 is 0 Å². The summed E-state index contributed by atoms with van der Waals surface area (Å²) in [5, 5.41) is 0. The molecule has 1 saturated carbocycles. The van der Waals surface area contributed by atoms with Crippen LogP contribution in [-0.2, 0) is 0 Å². The maximum atomic E-state index is 3.78. The molecule has 2 aliphatic rings. The lowest BCUT2D eigenvalue weighted by atomic mass is 9.81. The zero-order chi connectivity index (χ0) is 9.26. The van der Waals surface area contributed by atoms with Gasteiger partial charge in [-0.2, -0.15) is 0 Å². The van der Waals surface area contributed by atoms with Crippen molar-refractivity contribution in [1.29, 1.82) is 0 Å². The largest absolute Gasteiger partial charge is 0.103 e. The van der Waals surface area contributed by atoms with Gasteiger partial charge in [0.1, 0.15) is 0 Å². The molecule has 0 aromatic carbocycles. The van der Waals surface area contributed by atoms with Gasteiger partial charge in [-0.3, -0.25) is 0 Å². The molecule has 4 atom stereocenters. The van der Waals surface area contributed by atoms with Crippen LogP contribution < -0.4 is 0 Å². The lowest BCUT2D eigenvalue weighted by Gasteiger charge is -2.24. The van der Waals surface area contributed by atoms with Gasteiger partial charge < -0.3 is 0 Å². The van der Waals surface area contributed by atoms with Crippen LogP contribution in [0.15, 0.2) is 24.8 Å². The Bertz CT molecular complexity index is 214. The van der Waals surface area contributed by atoms with Crippen LogP contribution in [0.2, 0.25) is 0 Å². The third-order valence-corrected chi connectivity index (χ3v) is 4.00. The summed E-state index contributed by atoms with van der Waals surface area (Å²) in [7, 11) is 0. The minimum atomic E-state index is 0.915. The molecular weight excluding hydrogens is 156 g/mol. The smallest absolute Gasteiger partial charge is 0.0197 e. The summed E-state index contributed by atoms with van der Waals surface area (Å²) in [6, 6.07) is 0. The van der Waals surface area contributed by atoms with Gasteiger partial charge in [-0.25, -0.2) is 0 Å². The first-order valence-corrected chi connectivity index (χ1v) is 5.62. The van der Waals surface area contributed by atoms with Crippen LogP contribution in [0.25, 0.3) is 0 Å². The number of hydrogen-bond acceptors (Lipinski definition) is 0. The van der Waals surface area contributed by atoms with E-state index in [0.717, 1.165) is 23.7 Å². The molecule has 2 bridgehead atoms. The summed E-state index contributed by atoms with van der Waals surface area (Å²) in [4.78, 5) is 0. The van der Waals surface area contributed by atoms with Gasteiger partial charge in [0.15, 0.2) is 0 Å². The normalized spacial score (nSPS) is 41.3. The van der Waals surface area contributed by atoms with Gasteiger partial charge in [0.2, 0.25) is 0 Å². The van der Waals surface area contributed by atoms with Crippen LogP contribution in [0.3, 0.4) is 0 Å². The second-order valence-corrected chi connectivity index (χ2v) is 4.69. The van der Waals surface area contributed by atoms with E-state index in [4.69, 9.17) is 0 Å². The van der Waals surface area contributed by atoms with E-state index in [2.05, 4.69) is 25.7 Å². The van der Waals surface area contributed by atoms with E-state index in [0.29, 0.717) is 0 Å². The zero-order valence-electron chi connectivity index (χ0n) is 8.58. The van der Waals surface area contributed by atoms with Crippen molar-refractivity contribution in [3.05, 3.63) is 24.8 Å². The molecule has 3 unspecified atom stereocenters. The number of rotatable bonds is 4. The van der Waals surface area contributed by atoms with Crippen molar-refractivity contribution in [2.75, 3.05) is 0 Å². The van der Waals surface area contributed by atoms with E-state index in [-0.39, 0.29) is 0 Å². The van der Waals surface area contributed by atoms with E-state index < -0.39 is 0 Å². The second kappa shape index (κ2) is 3.69.